The molecule has 0 saturated heterocycles. The van der Waals surface area contributed by atoms with E-state index in [1.54, 1.807) is 12.1 Å². The first kappa shape index (κ1) is 27.4. The summed E-state index contributed by atoms with van der Waals surface area (Å²) in [6.07, 6.45) is 2.22. The van der Waals surface area contributed by atoms with Gasteiger partial charge in [0.05, 0.1) is 18.2 Å². The van der Waals surface area contributed by atoms with Crippen LogP contribution in [0.3, 0.4) is 0 Å². The number of nitrogens with zero attached hydrogens (tertiary/aromatic N) is 1. The number of hydrogen-bond donors (Lipinski definition) is 2. The average molecular weight is 533 g/mol. The molecule has 0 spiro atoms. The molecule has 4 rings (SSSR count). The average Bonchev–Trinajstić information content (AvgIpc) is 2.93. The molecule has 198 valence electrons. The highest BCUT2D eigenvalue weighted by Crippen LogP contribution is 2.38. The van der Waals surface area contributed by atoms with Gasteiger partial charge in [0.1, 0.15) is 0 Å². The third-order valence-electron chi connectivity index (χ3n) is 6.82. The van der Waals surface area contributed by atoms with Gasteiger partial charge in [-0.15, -0.1) is 0 Å². The smallest absolute Gasteiger partial charge is 0.344 e. The summed E-state index contributed by atoms with van der Waals surface area (Å²) in [5, 5.41) is 11.4. The molecular formula is C31H33ClN2O4. The topological polar surface area (TPSA) is 94.7 Å². The van der Waals surface area contributed by atoms with Crippen LogP contribution in [0, 0.1) is 0 Å². The highest BCUT2D eigenvalue weighted by atomic mass is 35.5. The second kappa shape index (κ2) is 12.3. The number of pyridine rings is 1. The van der Waals surface area contributed by atoms with Crippen LogP contribution in [0.5, 0.6) is 11.5 Å². The Morgan fingerprint density at radius 3 is 2.50 bits per heavy atom. The van der Waals surface area contributed by atoms with Gasteiger partial charge in [0, 0.05) is 16.1 Å². The second-order valence-corrected chi connectivity index (χ2v) is 9.87. The SMILES string of the molecule is CCCCC(Oc1cc(C(N)(CCc2ccc3ccc(Cl)cc3n2)c2ccccc2)ccc1OC)C(=O)O. The Balaban J connectivity index is 1.70. The molecule has 0 radical (unpaired) electrons. The van der Waals surface area contributed by atoms with E-state index in [0.29, 0.717) is 35.8 Å². The maximum Gasteiger partial charge on any atom is 0.344 e. The van der Waals surface area contributed by atoms with E-state index in [-0.39, 0.29) is 0 Å². The molecule has 3 aromatic carbocycles. The summed E-state index contributed by atoms with van der Waals surface area (Å²) in [6, 6.07) is 25.1. The molecule has 0 aliphatic carbocycles. The quantitative estimate of drug-likeness (QED) is 0.209. The number of nitrogens with two attached hydrogens (primary N) is 1. The number of aryl methyl sites for hydroxylation is 1. The number of aliphatic carboxylic acids is 1. The fourth-order valence-corrected chi connectivity index (χ4v) is 4.78. The Bertz CT molecular complexity index is 1400. The zero-order valence-electron chi connectivity index (χ0n) is 21.7. The minimum atomic E-state index is -1.00. The van der Waals surface area contributed by atoms with Crippen molar-refractivity contribution in [3.8, 4) is 11.5 Å². The summed E-state index contributed by atoms with van der Waals surface area (Å²) in [4.78, 5) is 16.7. The van der Waals surface area contributed by atoms with Crippen LogP contribution in [0.4, 0.5) is 0 Å². The minimum Gasteiger partial charge on any atom is -0.493 e. The predicted molar refractivity (Wildman–Crippen MR) is 151 cm³/mol. The zero-order chi connectivity index (χ0) is 27.1. The van der Waals surface area contributed by atoms with E-state index in [2.05, 4.69) is 0 Å². The van der Waals surface area contributed by atoms with E-state index >= 15 is 0 Å². The number of carboxylic acids is 1. The van der Waals surface area contributed by atoms with Gasteiger partial charge < -0.3 is 20.3 Å². The van der Waals surface area contributed by atoms with E-state index in [1.165, 1.54) is 7.11 Å². The summed E-state index contributed by atoms with van der Waals surface area (Å²) in [5.41, 5.74) is 9.77. The van der Waals surface area contributed by atoms with Crippen LogP contribution >= 0.6 is 11.6 Å². The number of carboxylic acid groups (broad SMARTS) is 1. The lowest BCUT2D eigenvalue weighted by Crippen LogP contribution is -2.38. The van der Waals surface area contributed by atoms with Crippen molar-refractivity contribution in [1.29, 1.82) is 0 Å². The van der Waals surface area contributed by atoms with Gasteiger partial charge >= 0.3 is 5.97 Å². The fourth-order valence-electron chi connectivity index (χ4n) is 4.61. The molecule has 0 aliphatic heterocycles. The maximum atomic E-state index is 11.9. The molecule has 0 fully saturated rings. The summed E-state index contributed by atoms with van der Waals surface area (Å²) in [7, 11) is 1.54. The third-order valence-corrected chi connectivity index (χ3v) is 7.05. The van der Waals surface area contributed by atoms with E-state index < -0.39 is 17.6 Å². The molecule has 0 amide bonds. The van der Waals surface area contributed by atoms with Crippen molar-refractivity contribution in [3.63, 3.8) is 0 Å². The van der Waals surface area contributed by atoms with Crippen LogP contribution in [0.2, 0.25) is 5.02 Å². The van der Waals surface area contributed by atoms with E-state index in [4.69, 9.17) is 31.8 Å². The third kappa shape index (κ3) is 6.26. The van der Waals surface area contributed by atoms with E-state index in [0.717, 1.165) is 40.6 Å². The van der Waals surface area contributed by atoms with Gasteiger partial charge in [-0.3, -0.25) is 4.98 Å². The molecule has 0 saturated carbocycles. The standard InChI is InChI=1S/C31H33ClN2O4/c1-3-4-10-28(30(35)36)38-29-19-23(13-16-27(29)37-2)31(33,22-8-6-5-7-9-22)18-17-25-15-12-21-11-14-24(32)20-26(21)34-25/h5-9,11-16,19-20,28H,3-4,10,17-18,33H2,1-2H3,(H,35,36). The number of unbranched alkanes of at least 4 members (excludes halogenated alkanes) is 1. The normalized spacial score (nSPS) is 13.6. The minimum absolute atomic E-state index is 0.359. The molecule has 3 N–H and O–H groups in total. The number of ether oxygens (including phenoxy) is 2. The lowest BCUT2D eigenvalue weighted by molar-refractivity contribution is -0.145. The Kier molecular flexibility index (Phi) is 8.87. The Morgan fingerprint density at radius 1 is 1.03 bits per heavy atom. The molecule has 1 heterocycles. The number of hydrogen-bond acceptors (Lipinski definition) is 5. The van der Waals surface area contributed by atoms with Crippen molar-refractivity contribution in [2.45, 2.75) is 50.7 Å². The zero-order valence-corrected chi connectivity index (χ0v) is 22.4. The lowest BCUT2D eigenvalue weighted by atomic mass is 9.79. The van der Waals surface area contributed by atoms with Gasteiger partial charge in [-0.05, 0) is 67.1 Å². The highest BCUT2D eigenvalue weighted by molar-refractivity contribution is 6.31. The van der Waals surface area contributed by atoms with Crippen molar-refractivity contribution < 1.29 is 19.4 Å². The van der Waals surface area contributed by atoms with Gasteiger partial charge in [-0.1, -0.05) is 73.5 Å². The number of halogens is 1. The molecule has 1 aromatic heterocycles. The van der Waals surface area contributed by atoms with Gasteiger partial charge in [-0.2, -0.15) is 0 Å². The van der Waals surface area contributed by atoms with Crippen molar-refractivity contribution >= 4 is 28.5 Å². The number of aromatic nitrogens is 1. The van der Waals surface area contributed by atoms with Gasteiger partial charge in [-0.25, -0.2) is 4.79 Å². The van der Waals surface area contributed by atoms with Crippen molar-refractivity contribution in [2.24, 2.45) is 5.73 Å². The van der Waals surface area contributed by atoms with Crippen molar-refractivity contribution in [3.05, 3.63) is 101 Å². The highest BCUT2D eigenvalue weighted by Gasteiger charge is 2.31. The lowest BCUT2D eigenvalue weighted by Gasteiger charge is -2.32. The fraction of sp³-hybridized carbons (Fsp3) is 0.290. The molecule has 38 heavy (non-hydrogen) atoms. The first-order chi connectivity index (χ1) is 18.3. The van der Waals surface area contributed by atoms with Crippen LogP contribution in [0.1, 0.15) is 49.4 Å². The number of rotatable bonds is 12. The number of methoxy groups -OCH3 is 1. The first-order valence-corrected chi connectivity index (χ1v) is 13.2. The second-order valence-electron chi connectivity index (χ2n) is 9.43. The Labute approximate surface area is 228 Å². The van der Waals surface area contributed by atoms with Crippen LogP contribution in [-0.4, -0.2) is 29.3 Å². The maximum absolute atomic E-state index is 11.9. The molecule has 6 nitrogen and oxygen atoms in total. The largest absolute Gasteiger partial charge is 0.493 e. The van der Waals surface area contributed by atoms with Crippen molar-refractivity contribution in [2.75, 3.05) is 7.11 Å². The van der Waals surface area contributed by atoms with Gasteiger partial charge in [0.25, 0.3) is 0 Å². The summed E-state index contributed by atoms with van der Waals surface area (Å²) < 4.78 is 11.5. The molecule has 2 unspecified atom stereocenters. The van der Waals surface area contributed by atoms with Gasteiger partial charge in [0.2, 0.25) is 0 Å². The van der Waals surface area contributed by atoms with Crippen LogP contribution in [-0.2, 0) is 16.8 Å². The molecule has 7 heteroatoms. The Hall–Kier alpha value is -3.61. The van der Waals surface area contributed by atoms with Crippen LogP contribution in [0.15, 0.2) is 78.9 Å². The van der Waals surface area contributed by atoms with Crippen LogP contribution < -0.4 is 15.2 Å². The summed E-state index contributed by atoms with van der Waals surface area (Å²) in [6.45, 7) is 2.02. The number of fused-ring (bicyclic) bond motifs is 1. The molecular weight excluding hydrogens is 500 g/mol. The van der Waals surface area contributed by atoms with E-state index in [9.17, 15) is 9.90 Å². The van der Waals surface area contributed by atoms with Crippen LogP contribution in [0.25, 0.3) is 10.9 Å². The number of carbonyl (C=O) groups is 1. The Morgan fingerprint density at radius 2 is 1.79 bits per heavy atom. The summed E-state index contributed by atoms with van der Waals surface area (Å²) in [5.74, 6) is -0.187. The molecule has 0 bridgehead atoms. The monoisotopic (exact) mass is 532 g/mol. The predicted octanol–water partition coefficient (Wildman–Crippen LogP) is 6.75. The van der Waals surface area contributed by atoms with E-state index in [1.807, 2.05) is 73.7 Å². The molecule has 2 atom stereocenters. The van der Waals surface area contributed by atoms with Gasteiger partial charge in [0.15, 0.2) is 17.6 Å². The number of benzene rings is 3. The van der Waals surface area contributed by atoms with Crippen molar-refractivity contribution in [1.82, 2.24) is 4.98 Å². The molecule has 0 aliphatic rings. The molecule has 4 aromatic rings. The first-order valence-electron chi connectivity index (χ1n) is 12.8. The summed E-state index contributed by atoms with van der Waals surface area (Å²) >= 11 is 6.18.